The number of thiophene rings is 1. The summed E-state index contributed by atoms with van der Waals surface area (Å²) in [5.74, 6) is 0. The Bertz CT molecular complexity index is 1820. The van der Waals surface area contributed by atoms with Gasteiger partial charge in [-0.25, -0.2) is 0 Å². The highest BCUT2D eigenvalue weighted by Gasteiger charge is 2.12. The molecule has 1 heterocycles. The Labute approximate surface area is 281 Å². The molecule has 0 saturated heterocycles. The first kappa shape index (κ1) is 29.8. The van der Waals surface area contributed by atoms with Crippen LogP contribution in [0.1, 0.15) is 20.9 Å². The fourth-order valence-electron chi connectivity index (χ4n) is 5.58. The Hall–Kier alpha value is -5.90. The van der Waals surface area contributed by atoms with Crippen molar-refractivity contribution in [2.24, 2.45) is 0 Å². The Morgan fingerprint density at radius 1 is 0.277 bits per heavy atom. The molecule has 0 aliphatic rings. The molecule has 0 aliphatic heterocycles. The summed E-state index contributed by atoms with van der Waals surface area (Å²) in [5.41, 5.74) is 9.14. The maximum absolute atomic E-state index is 2.28. The molecule has 2 nitrogen and oxygen atoms in total. The Kier molecular flexibility index (Phi) is 9.17. The zero-order chi connectivity index (χ0) is 31.7. The van der Waals surface area contributed by atoms with Crippen LogP contribution < -0.4 is 9.80 Å². The normalized spacial score (nSPS) is 11.2. The van der Waals surface area contributed by atoms with Crippen LogP contribution >= 0.6 is 11.3 Å². The van der Waals surface area contributed by atoms with Crippen molar-refractivity contribution in [1.82, 2.24) is 0 Å². The molecular weight excluding hydrogens is 589 g/mol. The Morgan fingerprint density at radius 3 is 0.851 bits per heavy atom. The van der Waals surface area contributed by atoms with Crippen LogP contribution in [0, 0.1) is 0 Å². The number of rotatable bonds is 10. The van der Waals surface area contributed by atoms with Gasteiger partial charge in [0.1, 0.15) is 0 Å². The van der Waals surface area contributed by atoms with E-state index in [4.69, 9.17) is 0 Å². The first-order chi connectivity index (χ1) is 23.3. The monoisotopic (exact) mass is 622 g/mol. The molecule has 7 rings (SSSR count). The molecule has 0 unspecified atom stereocenters. The number of benzene rings is 6. The highest BCUT2D eigenvalue weighted by Crippen LogP contribution is 2.35. The maximum atomic E-state index is 2.28. The predicted molar refractivity (Wildman–Crippen MR) is 204 cm³/mol. The second-order valence-electron chi connectivity index (χ2n) is 11.1. The van der Waals surface area contributed by atoms with E-state index in [1.54, 1.807) is 11.3 Å². The van der Waals surface area contributed by atoms with Gasteiger partial charge in [0.2, 0.25) is 0 Å². The van der Waals surface area contributed by atoms with Crippen LogP contribution in [0.5, 0.6) is 0 Å². The van der Waals surface area contributed by atoms with Gasteiger partial charge >= 0.3 is 0 Å². The molecule has 0 atom stereocenters. The summed E-state index contributed by atoms with van der Waals surface area (Å²) in [7, 11) is 0. The number of para-hydroxylation sites is 4. The summed E-state index contributed by atoms with van der Waals surface area (Å²) >= 11 is 1.79. The van der Waals surface area contributed by atoms with E-state index in [1.807, 2.05) is 0 Å². The number of anilines is 6. The molecular formula is C44H34N2S. The Balaban J connectivity index is 1.03. The van der Waals surface area contributed by atoms with E-state index in [2.05, 4.69) is 216 Å². The summed E-state index contributed by atoms with van der Waals surface area (Å²) < 4.78 is 0. The van der Waals surface area contributed by atoms with E-state index in [0.717, 1.165) is 34.1 Å². The molecule has 0 spiro atoms. The zero-order valence-corrected chi connectivity index (χ0v) is 26.7. The van der Waals surface area contributed by atoms with Crippen molar-refractivity contribution in [3.8, 4) is 0 Å². The highest BCUT2D eigenvalue weighted by molar-refractivity contribution is 7.13. The van der Waals surface area contributed by atoms with Crippen molar-refractivity contribution in [3.05, 3.63) is 203 Å². The van der Waals surface area contributed by atoms with Gasteiger partial charge in [0.25, 0.3) is 0 Å². The third-order valence-electron chi connectivity index (χ3n) is 7.89. The summed E-state index contributed by atoms with van der Waals surface area (Å²) in [4.78, 5) is 7.00. The molecule has 0 aliphatic carbocycles. The van der Waals surface area contributed by atoms with E-state index in [9.17, 15) is 0 Å². The smallest absolute Gasteiger partial charge is 0.0462 e. The van der Waals surface area contributed by atoms with Crippen LogP contribution in [-0.2, 0) is 0 Å². The van der Waals surface area contributed by atoms with Gasteiger partial charge in [0.15, 0.2) is 0 Å². The minimum absolute atomic E-state index is 1.13. The molecule has 0 fully saturated rings. The minimum atomic E-state index is 1.13. The fourth-order valence-corrected chi connectivity index (χ4v) is 6.39. The van der Waals surface area contributed by atoms with Gasteiger partial charge in [0, 0.05) is 43.9 Å². The molecule has 0 amide bonds. The molecule has 0 saturated carbocycles. The average molecular weight is 623 g/mol. The molecule has 47 heavy (non-hydrogen) atoms. The third-order valence-corrected chi connectivity index (χ3v) is 8.90. The van der Waals surface area contributed by atoms with Crippen LogP contribution in [0.2, 0.25) is 0 Å². The van der Waals surface area contributed by atoms with Gasteiger partial charge in [-0.15, -0.1) is 11.3 Å². The van der Waals surface area contributed by atoms with E-state index in [-0.39, 0.29) is 0 Å². The molecule has 7 aromatic rings. The molecule has 0 bridgehead atoms. The number of hydrogen-bond acceptors (Lipinski definition) is 3. The standard InChI is InChI=1S/C44H34N2S/c1-5-13-37(14-6-1)45(38-15-7-2-8-16-38)41-27-21-35(22-28-41)25-31-43-33-34-44(47-43)32-26-36-23-29-42(30-24-36)46(39-17-9-3-10-18-39)40-19-11-4-12-20-40/h1-34H/b31-25+,32-26+. The summed E-state index contributed by atoms with van der Waals surface area (Å²) in [6, 6.07) is 63.8. The lowest BCUT2D eigenvalue weighted by Crippen LogP contribution is -2.09. The van der Waals surface area contributed by atoms with Crippen molar-refractivity contribution in [2.45, 2.75) is 0 Å². The van der Waals surface area contributed by atoms with Crippen molar-refractivity contribution in [1.29, 1.82) is 0 Å². The lowest BCUT2D eigenvalue weighted by atomic mass is 10.1. The van der Waals surface area contributed by atoms with Gasteiger partial charge in [-0.3, -0.25) is 0 Å². The van der Waals surface area contributed by atoms with Gasteiger partial charge in [-0.05, 0) is 108 Å². The second-order valence-corrected chi connectivity index (χ2v) is 12.2. The lowest BCUT2D eigenvalue weighted by Gasteiger charge is -2.25. The maximum Gasteiger partial charge on any atom is 0.0462 e. The van der Waals surface area contributed by atoms with Crippen molar-refractivity contribution in [2.75, 3.05) is 9.80 Å². The predicted octanol–water partition coefficient (Wildman–Crippen LogP) is 13.0. The largest absolute Gasteiger partial charge is 0.311 e. The second kappa shape index (κ2) is 14.5. The van der Waals surface area contributed by atoms with E-state index >= 15 is 0 Å². The SMILES string of the molecule is C(=C\c1ccc(/C=C/c2ccc(N(c3ccccc3)c3ccccc3)cc2)s1)/c1ccc(N(c2ccccc2)c2ccccc2)cc1. The van der Waals surface area contributed by atoms with Crippen LogP contribution in [0.15, 0.2) is 182 Å². The molecule has 0 N–H and O–H groups in total. The van der Waals surface area contributed by atoms with Crippen molar-refractivity contribution in [3.63, 3.8) is 0 Å². The minimum Gasteiger partial charge on any atom is -0.311 e. The van der Waals surface area contributed by atoms with Crippen LogP contribution in [0.3, 0.4) is 0 Å². The van der Waals surface area contributed by atoms with E-state index < -0.39 is 0 Å². The summed E-state index contributed by atoms with van der Waals surface area (Å²) in [6.07, 6.45) is 8.75. The van der Waals surface area contributed by atoms with E-state index in [1.165, 1.54) is 20.9 Å². The van der Waals surface area contributed by atoms with Gasteiger partial charge < -0.3 is 9.80 Å². The molecule has 3 heteroatoms. The topological polar surface area (TPSA) is 6.48 Å². The molecule has 226 valence electrons. The van der Waals surface area contributed by atoms with E-state index in [0.29, 0.717) is 0 Å². The third kappa shape index (κ3) is 7.33. The number of nitrogens with zero attached hydrogens (tertiary/aromatic N) is 2. The highest BCUT2D eigenvalue weighted by atomic mass is 32.1. The number of hydrogen-bond donors (Lipinski definition) is 0. The first-order valence-corrected chi connectivity index (χ1v) is 16.6. The van der Waals surface area contributed by atoms with Gasteiger partial charge in [-0.1, -0.05) is 109 Å². The van der Waals surface area contributed by atoms with Crippen LogP contribution in [0.4, 0.5) is 34.1 Å². The summed E-state index contributed by atoms with van der Waals surface area (Å²) in [6.45, 7) is 0. The van der Waals surface area contributed by atoms with Crippen molar-refractivity contribution >= 4 is 69.8 Å². The molecule has 1 aromatic heterocycles. The Morgan fingerprint density at radius 2 is 0.553 bits per heavy atom. The zero-order valence-electron chi connectivity index (χ0n) is 25.9. The lowest BCUT2D eigenvalue weighted by molar-refractivity contribution is 1.28. The quantitative estimate of drug-likeness (QED) is 0.150. The van der Waals surface area contributed by atoms with Crippen LogP contribution in [0.25, 0.3) is 24.3 Å². The first-order valence-electron chi connectivity index (χ1n) is 15.8. The fraction of sp³-hybridized carbons (Fsp3) is 0. The van der Waals surface area contributed by atoms with Gasteiger partial charge in [0.05, 0.1) is 0 Å². The van der Waals surface area contributed by atoms with Crippen molar-refractivity contribution < 1.29 is 0 Å². The van der Waals surface area contributed by atoms with Gasteiger partial charge in [-0.2, -0.15) is 0 Å². The summed E-state index contributed by atoms with van der Waals surface area (Å²) in [5, 5.41) is 0. The van der Waals surface area contributed by atoms with Crippen LogP contribution in [-0.4, -0.2) is 0 Å². The average Bonchev–Trinajstić information content (AvgIpc) is 3.61. The molecule has 6 aromatic carbocycles. The molecule has 0 radical (unpaired) electrons.